The van der Waals surface area contributed by atoms with Gasteiger partial charge in [0.1, 0.15) is 6.33 Å². The van der Waals surface area contributed by atoms with Crippen molar-refractivity contribution in [3.05, 3.63) is 22.0 Å². The van der Waals surface area contributed by atoms with Crippen molar-refractivity contribution in [3.63, 3.8) is 0 Å². The lowest BCUT2D eigenvalue weighted by molar-refractivity contribution is 0.174. The summed E-state index contributed by atoms with van der Waals surface area (Å²) in [7, 11) is 0. The highest BCUT2D eigenvalue weighted by Crippen LogP contribution is 2.41. The number of imidazole rings is 1. The number of rotatable bonds is 4. The van der Waals surface area contributed by atoms with Crippen molar-refractivity contribution in [2.75, 3.05) is 19.1 Å². The summed E-state index contributed by atoms with van der Waals surface area (Å²) < 4.78 is 13.7. The van der Waals surface area contributed by atoms with Gasteiger partial charge in [-0.3, -0.25) is 0 Å². The monoisotopic (exact) mass is 457 g/mol. The molecule has 24 heavy (non-hydrogen) atoms. The zero-order valence-electron chi connectivity index (χ0n) is 12.3. The molecule has 2 aromatic heterocycles. The smallest absolute Gasteiger partial charge is 0.231 e. The molecule has 1 aliphatic rings. The van der Waals surface area contributed by atoms with E-state index in [1.165, 1.54) is 18.1 Å². The Balaban J connectivity index is 1.80. The highest BCUT2D eigenvalue weighted by molar-refractivity contribution is 14.1. The van der Waals surface area contributed by atoms with Crippen LogP contribution >= 0.6 is 34.4 Å². The summed E-state index contributed by atoms with van der Waals surface area (Å²) in [4.78, 5) is 13.7. The van der Waals surface area contributed by atoms with E-state index in [4.69, 9.17) is 15.2 Å². The van der Waals surface area contributed by atoms with Crippen molar-refractivity contribution < 1.29 is 14.6 Å². The minimum Gasteiger partial charge on any atom is -0.454 e. The Labute approximate surface area is 154 Å². The van der Waals surface area contributed by atoms with E-state index in [1.54, 1.807) is 0 Å². The summed E-state index contributed by atoms with van der Waals surface area (Å²) in [5, 5.41) is 10.1. The lowest BCUT2D eigenvalue weighted by Gasteiger charge is -2.08. The number of ether oxygens (including phenoxy) is 2. The molecule has 3 aromatic rings. The zero-order valence-corrected chi connectivity index (χ0v) is 15.2. The Kier molecular flexibility index (Phi) is 4.10. The molecular weight excluding hydrogens is 445 g/mol. The van der Waals surface area contributed by atoms with Crippen LogP contribution < -0.4 is 15.2 Å². The van der Waals surface area contributed by atoms with Crippen molar-refractivity contribution in [2.45, 2.75) is 16.6 Å². The first kappa shape index (κ1) is 15.7. The van der Waals surface area contributed by atoms with Gasteiger partial charge in [0, 0.05) is 15.0 Å². The predicted molar refractivity (Wildman–Crippen MR) is 96.2 cm³/mol. The van der Waals surface area contributed by atoms with Crippen molar-refractivity contribution in [1.29, 1.82) is 0 Å². The van der Waals surface area contributed by atoms with Crippen LogP contribution in [0.5, 0.6) is 11.5 Å². The van der Waals surface area contributed by atoms with Crippen LogP contribution in [-0.2, 0) is 6.54 Å². The Morgan fingerprint density at radius 2 is 2.08 bits per heavy atom. The number of fused-ring (bicyclic) bond motifs is 2. The van der Waals surface area contributed by atoms with E-state index in [0.717, 1.165) is 14.2 Å². The summed E-state index contributed by atoms with van der Waals surface area (Å²) in [5.74, 6) is 1.77. The molecule has 0 atom stereocenters. The second-order valence-electron chi connectivity index (χ2n) is 4.94. The van der Waals surface area contributed by atoms with Crippen LogP contribution in [0.4, 0.5) is 5.82 Å². The summed E-state index contributed by atoms with van der Waals surface area (Å²) in [5.41, 5.74) is 7.03. The highest BCUT2D eigenvalue weighted by Gasteiger charge is 2.20. The Hall–Kier alpha value is -1.79. The number of anilines is 1. The summed E-state index contributed by atoms with van der Waals surface area (Å²) >= 11 is 3.70. The van der Waals surface area contributed by atoms with Gasteiger partial charge in [-0.05, 0) is 34.7 Å². The van der Waals surface area contributed by atoms with Crippen LogP contribution in [-0.4, -0.2) is 38.0 Å². The van der Waals surface area contributed by atoms with Crippen LogP contribution in [0, 0.1) is 3.57 Å². The topological polar surface area (TPSA) is 108 Å². The van der Waals surface area contributed by atoms with Gasteiger partial charge in [-0.1, -0.05) is 11.8 Å². The third kappa shape index (κ3) is 2.63. The molecule has 0 saturated heterocycles. The molecular formula is C14H12IN5O3S. The maximum Gasteiger partial charge on any atom is 0.231 e. The number of nitrogens with zero attached hydrogens (tertiary/aromatic N) is 4. The van der Waals surface area contributed by atoms with E-state index >= 15 is 0 Å². The predicted octanol–water partition coefficient (Wildman–Crippen LogP) is 1.89. The molecule has 0 saturated carbocycles. The minimum atomic E-state index is -0.0266. The van der Waals surface area contributed by atoms with Crippen molar-refractivity contribution in [2.24, 2.45) is 0 Å². The van der Waals surface area contributed by atoms with Gasteiger partial charge in [-0.15, -0.1) is 0 Å². The van der Waals surface area contributed by atoms with Gasteiger partial charge in [-0.25, -0.2) is 15.0 Å². The van der Waals surface area contributed by atoms with Gasteiger partial charge < -0.3 is 24.9 Å². The molecule has 0 bridgehead atoms. The molecule has 8 nitrogen and oxygen atoms in total. The van der Waals surface area contributed by atoms with Crippen LogP contribution in [0.25, 0.3) is 11.2 Å². The Bertz CT molecular complexity index is 932. The van der Waals surface area contributed by atoms with Crippen LogP contribution in [0.3, 0.4) is 0 Å². The third-order valence-electron chi connectivity index (χ3n) is 3.48. The van der Waals surface area contributed by atoms with Crippen molar-refractivity contribution in [1.82, 2.24) is 19.5 Å². The van der Waals surface area contributed by atoms with E-state index in [0.29, 0.717) is 34.4 Å². The third-order valence-corrected chi connectivity index (χ3v) is 5.79. The molecule has 1 aliphatic heterocycles. The Morgan fingerprint density at radius 3 is 2.88 bits per heavy atom. The summed E-state index contributed by atoms with van der Waals surface area (Å²) in [6.45, 7) is 0.576. The molecule has 124 valence electrons. The Morgan fingerprint density at radius 1 is 1.29 bits per heavy atom. The second-order valence-corrected chi connectivity index (χ2v) is 7.11. The van der Waals surface area contributed by atoms with E-state index in [2.05, 4.69) is 37.5 Å². The van der Waals surface area contributed by atoms with Crippen LogP contribution in [0.15, 0.2) is 28.5 Å². The molecule has 0 unspecified atom stereocenters. The number of aromatic nitrogens is 4. The fourth-order valence-corrected chi connectivity index (χ4v) is 4.10. The highest BCUT2D eigenvalue weighted by atomic mass is 127. The first-order valence-electron chi connectivity index (χ1n) is 7.02. The molecule has 0 fully saturated rings. The van der Waals surface area contributed by atoms with E-state index < -0.39 is 0 Å². The molecule has 0 radical (unpaired) electrons. The maximum absolute atomic E-state index is 9.37. The average molecular weight is 457 g/mol. The lowest BCUT2D eigenvalue weighted by Crippen LogP contribution is -2.05. The summed E-state index contributed by atoms with van der Waals surface area (Å²) in [6, 6.07) is 3.85. The van der Waals surface area contributed by atoms with Gasteiger partial charge in [0.25, 0.3) is 0 Å². The van der Waals surface area contributed by atoms with E-state index in [-0.39, 0.29) is 13.4 Å². The van der Waals surface area contributed by atoms with Gasteiger partial charge in [0.05, 0.1) is 6.61 Å². The molecule has 10 heteroatoms. The van der Waals surface area contributed by atoms with Crippen molar-refractivity contribution in [3.8, 4) is 11.5 Å². The number of benzene rings is 1. The number of aliphatic hydroxyl groups is 1. The van der Waals surface area contributed by atoms with Gasteiger partial charge in [0.2, 0.25) is 6.79 Å². The molecule has 0 aliphatic carbocycles. The number of nitrogens with two attached hydrogens (primary N) is 1. The number of hydrogen-bond acceptors (Lipinski definition) is 8. The van der Waals surface area contributed by atoms with E-state index in [9.17, 15) is 5.11 Å². The van der Waals surface area contributed by atoms with Crippen molar-refractivity contribution >= 4 is 51.3 Å². The molecule has 3 N–H and O–H groups in total. The van der Waals surface area contributed by atoms with Gasteiger partial charge in [-0.2, -0.15) is 0 Å². The number of halogens is 1. The SMILES string of the molecule is Nc1ncnc2c1nc(Sc1cc3c(cc1I)OCO3)n2CCO. The number of nitrogen functional groups attached to an aromatic ring is 1. The fourth-order valence-electron chi connectivity index (χ4n) is 2.39. The quantitative estimate of drug-likeness (QED) is 0.572. The maximum atomic E-state index is 9.37. The van der Waals surface area contributed by atoms with Crippen LogP contribution in [0.1, 0.15) is 0 Å². The normalized spacial score (nSPS) is 12.9. The minimum absolute atomic E-state index is 0.0266. The first-order chi connectivity index (χ1) is 11.7. The lowest BCUT2D eigenvalue weighted by atomic mass is 10.3. The first-order valence-corrected chi connectivity index (χ1v) is 8.91. The largest absolute Gasteiger partial charge is 0.454 e. The van der Waals surface area contributed by atoms with Gasteiger partial charge in [0.15, 0.2) is 33.6 Å². The molecule has 4 rings (SSSR count). The molecule has 3 heterocycles. The zero-order chi connectivity index (χ0) is 16.7. The number of hydrogen-bond donors (Lipinski definition) is 2. The molecule has 1 aromatic carbocycles. The van der Waals surface area contributed by atoms with Crippen LogP contribution in [0.2, 0.25) is 0 Å². The fraction of sp³-hybridized carbons (Fsp3) is 0.214. The number of aliphatic hydroxyl groups excluding tert-OH is 1. The summed E-state index contributed by atoms with van der Waals surface area (Å²) in [6.07, 6.45) is 1.39. The van der Waals surface area contributed by atoms with Gasteiger partial charge >= 0.3 is 0 Å². The van der Waals surface area contributed by atoms with E-state index in [1.807, 2.05) is 16.7 Å². The average Bonchev–Trinajstić information content (AvgIpc) is 3.14. The standard InChI is InChI=1S/C14H12IN5O3S/c15-7-3-8-9(23-6-22-8)4-10(7)24-14-19-11-12(16)17-5-18-13(11)20(14)1-2-21/h3-5,21H,1-2,6H2,(H2,16,17,18). The molecule has 0 amide bonds. The second kappa shape index (κ2) is 6.26. The molecule has 0 spiro atoms.